The molecule has 0 saturated carbocycles. The summed E-state index contributed by atoms with van der Waals surface area (Å²) in [6, 6.07) is 6.32. The second-order valence-electron chi connectivity index (χ2n) is 4.75. The summed E-state index contributed by atoms with van der Waals surface area (Å²) in [5, 5.41) is 10.1. The van der Waals surface area contributed by atoms with Gasteiger partial charge in [-0.25, -0.2) is 18.4 Å². The SMILES string of the molecule is CS(=O)(=O)c1ccc(Nc2nc(C(=O)Nc3nccs3)cs2)cc1. The Balaban J connectivity index is 1.68. The summed E-state index contributed by atoms with van der Waals surface area (Å²) in [6.07, 6.45) is 2.76. The molecule has 2 heterocycles. The van der Waals surface area contributed by atoms with E-state index >= 15 is 0 Å². The van der Waals surface area contributed by atoms with Crippen LogP contribution in [0.4, 0.5) is 16.0 Å². The summed E-state index contributed by atoms with van der Waals surface area (Å²) < 4.78 is 22.9. The highest BCUT2D eigenvalue weighted by Gasteiger charge is 2.12. The lowest BCUT2D eigenvalue weighted by molar-refractivity contribution is 0.102. The Morgan fingerprint density at radius 2 is 1.88 bits per heavy atom. The van der Waals surface area contributed by atoms with E-state index in [9.17, 15) is 13.2 Å². The molecule has 2 aromatic heterocycles. The van der Waals surface area contributed by atoms with Crippen molar-refractivity contribution in [2.75, 3.05) is 16.9 Å². The van der Waals surface area contributed by atoms with Gasteiger partial charge in [0.25, 0.3) is 5.91 Å². The Kier molecular flexibility index (Phi) is 4.60. The largest absolute Gasteiger partial charge is 0.332 e. The van der Waals surface area contributed by atoms with Gasteiger partial charge in [0.2, 0.25) is 0 Å². The average Bonchev–Trinajstić information content (AvgIpc) is 3.18. The summed E-state index contributed by atoms with van der Waals surface area (Å²) in [5.74, 6) is -0.332. The Labute approximate surface area is 146 Å². The molecule has 0 unspecified atom stereocenters. The molecule has 0 saturated heterocycles. The van der Waals surface area contributed by atoms with Gasteiger partial charge in [-0.05, 0) is 24.3 Å². The Hall–Kier alpha value is -2.30. The fraction of sp³-hybridized carbons (Fsp3) is 0.0714. The molecule has 1 amide bonds. The molecule has 0 aliphatic heterocycles. The molecule has 0 aliphatic carbocycles. The standard InChI is InChI=1S/C14H12N4O3S3/c1-24(20,21)10-4-2-9(3-5-10)16-14-17-11(8-23-14)12(19)18-13-15-6-7-22-13/h2-8H,1H3,(H,16,17)(H,15,18,19). The molecule has 0 atom stereocenters. The smallest absolute Gasteiger partial charge is 0.276 e. The average molecular weight is 380 g/mol. The first-order valence-corrected chi connectivity index (χ1v) is 10.3. The van der Waals surface area contributed by atoms with E-state index in [1.54, 1.807) is 29.1 Å². The number of nitrogens with one attached hydrogen (secondary N) is 2. The lowest BCUT2D eigenvalue weighted by Gasteiger charge is -2.03. The minimum absolute atomic E-state index is 0.246. The van der Waals surface area contributed by atoms with Gasteiger partial charge in [0, 0.05) is 28.9 Å². The van der Waals surface area contributed by atoms with Crippen molar-refractivity contribution in [1.29, 1.82) is 0 Å². The number of hydrogen-bond acceptors (Lipinski definition) is 8. The zero-order chi connectivity index (χ0) is 17.2. The van der Waals surface area contributed by atoms with Gasteiger partial charge in [-0.3, -0.25) is 10.1 Å². The highest BCUT2D eigenvalue weighted by atomic mass is 32.2. The molecule has 7 nitrogen and oxygen atoms in total. The molecule has 10 heteroatoms. The van der Waals surface area contributed by atoms with Crippen LogP contribution in [0, 0.1) is 0 Å². The molecule has 1 aromatic carbocycles. The number of rotatable bonds is 5. The van der Waals surface area contributed by atoms with Crippen LogP contribution in [-0.4, -0.2) is 30.5 Å². The second-order valence-corrected chi connectivity index (χ2v) is 8.52. The highest BCUT2D eigenvalue weighted by Crippen LogP contribution is 2.23. The van der Waals surface area contributed by atoms with E-state index < -0.39 is 9.84 Å². The molecule has 0 aliphatic rings. The molecule has 124 valence electrons. The number of hydrogen-bond donors (Lipinski definition) is 2. The van der Waals surface area contributed by atoms with E-state index in [0.29, 0.717) is 16.0 Å². The predicted octanol–water partition coefficient (Wildman–Crippen LogP) is 3.00. The van der Waals surface area contributed by atoms with Gasteiger partial charge in [-0.15, -0.1) is 22.7 Å². The van der Waals surface area contributed by atoms with Crippen LogP contribution in [0.3, 0.4) is 0 Å². The Morgan fingerprint density at radius 1 is 1.12 bits per heavy atom. The number of nitrogens with zero attached hydrogens (tertiary/aromatic N) is 2. The van der Waals surface area contributed by atoms with Gasteiger partial charge in [0.05, 0.1) is 4.90 Å². The van der Waals surface area contributed by atoms with Gasteiger partial charge in [0.15, 0.2) is 20.1 Å². The van der Waals surface area contributed by atoms with Crippen molar-refractivity contribution in [2.24, 2.45) is 0 Å². The third kappa shape index (κ3) is 3.96. The fourth-order valence-electron chi connectivity index (χ4n) is 1.79. The summed E-state index contributed by atoms with van der Waals surface area (Å²) in [4.78, 5) is 20.5. The molecule has 2 N–H and O–H groups in total. The van der Waals surface area contributed by atoms with Gasteiger partial charge in [-0.1, -0.05) is 0 Å². The third-order valence-electron chi connectivity index (χ3n) is 2.92. The molecular formula is C14H12N4O3S3. The monoisotopic (exact) mass is 380 g/mol. The minimum Gasteiger partial charge on any atom is -0.332 e. The zero-order valence-corrected chi connectivity index (χ0v) is 14.8. The Morgan fingerprint density at radius 3 is 2.50 bits per heavy atom. The number of aromatic nitrogens is 2. The number of carbonyl (C=O) groups excluding carboxylic acids is 1. The molecule has 3 aromatic rings. The summed E-state index contributed by atoms with van der Waals surface area (Å²) >= 11 is 2.60. The molecule has 0 radical (unpaired) electrons. The summed E-state index contributed by atoms with van der Waals surface area (Å²) in [6.45, 7) is 0. The molecule has 24 heavy (non-hydrogen) atoms. The van der Waals surface area contributed by atoms with Gasteiger partial charge >= 0.3 is 0 Å². The third-order valence-corrected chi connectivity index (χ3v) is 5.50. The van der Waals surface area contributed by atoms with Crippen LogP contribution in [-0.2, 0) is 9.84 Å². The van der Waals surface area contributed by atoms with Crippen molar-refractivity contribution in [2.45, 2.75) is 4.90 Å². The molecular weight excluding hydrogens is 368 g/mol. The van der Waals surface area contributed by atoms with E-state index in [-0.39, 0.29) is 16.5 Å². The van der Waals surface area contributed by atoms with Crippen LogP contribution < -0.4 is 10.6 Å². The molecule has 0 bridgehead atoms. The van der Waals surface area contributed by atoms with Crippen molar-refractivity contribution in [3.63, 3.8) is 0 Å². The topological polar surface area (TPSA) is 101 Å². The van der Waals surface area contributed by atoms with Crippen LogP contribution in [0.15, 0.2) is 46.1 Å². The van der Waals surface area contributed by atoms with E-state index in [2.05, 4.69) is 20.6 Å². The van der Waals surface area contributed by atoms with Crippen molar-refractivity contribution < 1.29 is 13.2 Å². The van der Waals surface area contributed by atoms with Crippen LogP contribution in [0.5, 0.6) is 0 Å². The number of sulfone groups is 1. The lowest BCUT2D eigenvalue weighted by Crippen LogP contribution is -2.12. The maximum atomic E-state index is 12.0. The zero-order valence-electron chi connectivity index (χ0n) is 12.4. The normalized spacial score (nSPS) is 11.2. The number of amides is 1. The predicted molar refractivity (Wildman–Crippen MR) is 95.0 cm³/mol. The maximum Gasteiger partial charge on any atom is 0.276 e. The van der Waals surface area contributed by atoms with Crippen molar-refractivity contribution in [3.8, 4) is 0 Å². The first-order valence-electron chi connectivity index (χ1n) is 6.65. The summed E-state index contributed by atoms with van der Waals surface area (Å²) in [5.41, 5.74) is 0.967. The van der Waals surface area contributed by atoms with Gasteiger partial charge in [-0.2, -0.15) is 0 Å². The van der Waals surface area contributed by atoms with Crippen LogP contribution in [0.1, 0.15) is 10.5 Å². The quantitative estimate of drug-likeness (QED) is 0.706. The van der Waals surface area contributed by atoms with E-state index in [1.165, 1.54) is 34.8 Å². The molecule has 0 fully saturated rings. The summed E-state index contributed by atoms with van der Waals surface area (Å²) in [7, 11) is -3.22. The Bertz CT molecular complexity index is 948. The van der Waals surface area contributed by atoms with E-state index in [1.807, 2.05) is 0 Å². The molecule has 3 rings (SSSR count). The minimum atomic E-state index is -3.22. The van der Waals surface area contributed by atoms with Crippen LogP contribution in [0.25, 0.3) is 0 Å². The lowest BCUT2D eigenvalue weighted by atomic mass is 10.3. The van der Waals surface area contributed by atoms with Crippen molar-refractivity contribution in [1.82, 2.24) is 9.97 Å². The first kappa shape index (κ1) is 16.6. The molecule has 0 spiro atoms. The van der Waals surface area contributed by atoms with E-state index in [4.69, 9.17) is 0 Å². The number of anilines is 3. The van der Waals surface area contributed by atoms with Crippen molar-refractivity contribution >= 4 is 54.4 Å². The van der Waals surface area contributed by atoms with Crippen molar-refractivity contribution in [3.05, 3.63) is 46.9 Å². The number of thiazole rings is 2. The first-order chi connectivity index (χ1) is 11.4. The fourth-order valence-corrected chi connectivity index (χ4v) is 3.66. The number of benzene rings is 1. The van der Waals surface area contributed by atoms with Gasteiger partial charge in [0.1, 0.15) is 5.69 Å². The van der Waals surface area contributed by atoms with E-state index in [0.717, 1.165) is 6.26 Å². The van der Waals surface area contributed by atoms with Crippen LogP contribution in [0.2, 0.25) is 0 Å². The highest BCUT2D eigenvalue weighted by molar-refractivity contribution is 7.90. The second kappa shape index (κ2) is 6.67. The maximum absolute atomic E-state index is 12.0. The van der Waals surface area contributed by atoms with Gasteiger partial charge < -0.3 is 5.32 Å². The van der Waals surface area contributed by atoms with Crippen LogP contribution >= 0.6 is 22.7 Å². The number of carbonyl (C=O) groups is 1.